The van der Waals surface area contributed by atoms with Crippen LogP contribution in [0.5, 0.6) is 11.5 Å². The van der Waals surface area contributed by atoms with E-state index in [1.54, 1.807) is 26.4 Å². The highest BCUT2D eigenvalue weighted by atomic mass is 19.1. The van der Waals surface area contributed by atoms with Gasteiger partial charge in [0.25, 0.3) is 0 Å². The first-order valence-corrected chi connectivity index (χ1v) is 8.41. The second-order valence-electron chi connectivity index (χ2n) is 5.77. The van der Waals surface area contributed by atoms with Crippen molar-refractivity contribution in [3.8, 4) is 11.5 Å². The zero-order chi connectivity index (χ0) is 18.8. The van der Waals surface area contributed by atoms with Crippen molar-refractivity contribution in [3.05, 3.63) is 59.4 Å². The van der Waals surface area contributed by atoms with Crippen LogP contribution >= 0.6 is 0 Å². The maximum absolute atomic E-state index is 13.1. The molecule has 0 spiro atoms. The van der Waals surface area contributed by atoms with Gasteiger partial charge in [-0.3, -0.25) is 4.79 Å². The average molecular weight is 361 g/mol. The fourth-order valence-corrected chi connectivity index (χ4v) is 2.63. The van der Waals surface area contributed by atoms with Gasteiger partial charge in [0.1, 0.15) is 5.82 Å². The zero-order valence-electron chi connectivity index (χ0n) is 15.0. The number of amides is 1. The van der Waals surface area contributed by atoms with E-state index >= 15 is 0 Å². The number of rotatable bonds is 11. The number of hydrogen-bond donors (Lipinski definition) is 1. The van der Waals surface area contributed by atoms with Crippen LogP contribution in [0.1, 0.15) is 23.6 Å². The molecule has 0 fully saturated rings. The van der Waals surface area contributed by atoms with Gasteiger partial charge in [0, 0.05) is 20.1 Å². The third-order valence-corrected chi connectivity index (χ3v) is 3.96. The number of carbonyl (C=O) groups excluding carboxylic acids is 1. The van der Waals surface area contributed by atoms with Crippen LogP contribution in [0.2, 0.25) is 0 Å². The maximum Gasteiger partial charge on any atom is 0.207 e. The Morgan fingerprint density at radius 1 is 1.08 bits per heavy atom. The minimum Gasteiger partial charge on any atom is -0.493 e. The third kappa shape index (κ3) is 5.74. The Morgan fingerprint density at radius 3 is 2.50 bits per heavy atom. The van der Waals surface area contributed by atoms with Crippen molar-refractivity contribution in [1.82, 2.24) is 5.32 Å². The number of hydrogen-bond acceptors (Lipinski definition) is 4. The normalized spacial score (nSPS) is 11.7. The summed E-state index contributed by atoms with van der Waals surface area (Å²) in [6, 6.07) is 11.5. The summed E-state index contributed by atoms with van der Waals surface area (Å²) >= 11 is 0. The van der Waals surface area contributed by atoms with E-state index in [1.807, 2.05) is 18.2 Å². The summed E-state index contributed by atoms with van der Waals surface area (Å²) in [6.07, 6.45) is 1.97. The molecule has 1 unspecified atom stereocenters. The van der Waals surface area contributed by atoms with E-state index in [4.69, 9.17) is 14.2 Å². The number of halogens is 1. The lowest BCUT2D eigenvalue weighted by atomic mass is 9.98. The SMILES string of the molecule is COCCCOc1cc(CC(NC=O)c2ccc(F)cc2)ccc1OC. The highest BCUT2D eigenvalue weighted by Crippen LogP contribution is 2.30. The van der Waals surface area contributed by atoms with E-state index in [0.29, 0.717) is 37.5 Å². The van der Waals surface area contributed by atoms with E-state index in [1.165, 1.54) is 12.1 Å². The first-order valence-electron chi connectivity index (χ1n) is 8.41. The molecule has 2 aromatic carbocycles. The molecule has 0 aliphatic rings. The highest BCUT2D eigenvalue weighted by Gasteiger charge is 2.14. The molecule has 0 saturated heterocycles. The molecule has 140 valence electrons. The fraction of sp³-hybridized carbons (Fsp3) is 0.350. The van der Waals surface area contributed by atoms with E-state index < -0.39 is 0 Å². The van der Waals surface area contributed by atoms with Gasteiger partial charge < -0.3 is 19.5 Å². The molecule has 0 heterocycles. The molecule has 26 heavy (non-hydrogen) atoms. The summed E-state index contributed by atoms with van der Waals surface area (Å²) in [4.78, 5) is 11.0. The van der Waals surface area contributed by atoms with Crippen LogP contribution in [-0.2, 0) is 16.0 Å². The van der Waals surface area contributed by atoms with Gasteiger partial charge in [0.2, 0.25) is 6.41 Å². The molecule has 1 N–H and O–H groups in total. The van der Waals surface area contributed by atoms with Crippen molar-refractivity contribution in [2.24, 2.45) is 0 Å². The largest absolute Gasteiger partial charge is 0.493 e. The van der Waals surface area contributed by atoms with Crippen molar-refractivity contribution in [3.63, 3.8) is 0 Å². The number of ether oxygens (including phenoxy) is 3. The van der Waals surface area contributed by atoms with Crippen LogP contribution < -0.4 is 14.8 Å². The minimum absolute atomic E-state index is 0.261. The van der Waals surface area contributed by atoms with Gasteiger partial charge in [0.15, 0.2) is 11.5 Å². The molecule has 0 saturated carbocycles. The number of nitrogens with one attached hydrogen (secondary N) is 1. The summed E-state index contributed by atoms with van der Waals surface area (Å²) in [5.74, 6) is 0.979. The predicted molar refractivity (Wildman–Crippen MR) is 97.0 cm³/mol. The van der Waals surface area contributed by atoms with Crippen LogP contribution in [0.4, 0.5) is 4.39 Å². The summed E-state index contributed by atoms with van der Waals surface area (Å²) in [6.45, 7) is 1.14. The molecule has 0 aromatic heterocycles. The van der Waals surface area contributed by atoms with E-state index in [9.17, 15) is 9.18 Å². The minimum atomic E-state index is -0.310. The monoisotopic (exact) mass is 361 g/mol. The lowest BCUT2D eigenvalue weighted by Crippen LogP contribution is -2.21. The Labute approximate surface area is 153 Å². The highest BCUT2D eigenvalue weighted by molar-refractivity contribution is 5.49. The van der Waals surface area contributed by atoms with Gasteiger partial charge in [-0.25, -0.2) is 4.39 Å². The topological polar surface area (TPSA) is 56.8 Å². The lowest BCUT2D eigenvalue weighted by molar-refractivity contribution is -0.110. The molecular weight excluding hydrogens is 337 g/mol. The predicted octanol–water partition coefficient (Wildman–Crippen LogP) is 3.28. The standard InChI is InChI=1S/C20H24FNO4/c1-24-10-3-11-26-20-13-15(4-9-19(20)25-2)12-18(22-14-23)16-5-7-17(21)8-6-16/h4-9,13-14,18H,3,10-12H2,1-2H3,(H,22,23). The van der Waals surface area contributed by atoms with Gasteiger partial charge >= 0.3 is 0 Å². The van der Waals surface area contributed by atoms with Crippen LogP contribution in [0.15, 0.2) is 42.5 Å². The van der Waals surface area contributed by atoms with Crippen molar-refractivity contribution in [1.29, 1.82) is 0 Å². The fourth-order valence-electron chi connectivity index (χ4n) is 2.63. The van der Waals surface area contributed by atoms with Gasteiger partial charge in [-0.2, -0.15) is 0 Å². The quantitative estimate of drug-likeness (QED) is 0.493. The molecule has 0 aliphatic carbocycles. The number of carbonyl (C=O) groups is 1. The summed E-state index contributed by atoms with van der Waals surface area (Å²) in [5.41, 5.74) is 1.80. The van der Waals surface area contributed by atoms with Gasteiger partial charge in [-0.05, 0) is 41.8 Å². The molecular formula is C20H24FNO4. The molecule has 1 atom stereocenters. The smallest absolute Gasteiger partial charge is 0.207 e. The van der Waals surface area contributed by atoms with Crippen molar-refractivity contribution < 1.29 is 23.4 Å². The first kappa shape index (κ1) is 19.7. The van der Waals surface area contributed by atoms with Crippen LogP contribution in [0, 0.1) is 5.82 Å². The van der Waals surface area contributed by atoms with Gasteiger partial charge in [-0.1, -0.05) is 18.2 Å². The lowest BCUT2D eigenvalue weighted by Gasteiger charge is -2.18. The Balaban J connectivity index is 2.14. The third-order valence-electron chi connectivity index (χ3n) is 3.96. The first-order chi connectivity index (χ1) is 12.7. The Bertz CT molecular complexity index is 691. The average Bonchev–Trinajstić information content (AvgIpc) is 2.66. The van der Waals surface area contributed by atoms with Gasteiger partial charge in [-0.15, -0.1) is 0 Å². The summed E-state index contributed by atoms with van der Waals surface area (Å²) in [5, 5.41) is 2.78. The molecule has 1 amide bonds. The number of methoxy groups -OCH3 is 2. The van der Waals surface area contributed by atoms with Crippen molar-refractivity contribution in [2.75, 3.05) is 27.4 Å². The second kappa shape index (κ2) is 10.4. The maximum atomic E-state index is 13.1. The van der Waals surface area contributed by atoms with E-state index in [0.717, 1.165) is 17.5 Å². The molecule has 2 aromatic rings. The molecule has 5 nitrogen and oxygen atoms in total. The van der Waals surface area contributed by atoms with Crippen molar-refractivity contribution in [2.45, 2.75) is 18.9 Å². The van der Waals surface area contributed by atoms with E-state index in [2.05, 4.69) is 5.32 Å². The molecule has 6 heteroatoms. The number of benzene rings is 2. The molecule has 0 bridgehead atoms. The molecule has 2 rings (SSSR count). The summed E-state index contributed by atoms with van der Waals surface area (Å²) < 4.78 is 29.3. The van der Waals surface area contributed by atoms with Crippen LogP contribution in [0.25, 0.3) is 0 Å². The molecule has 0 radical (unpaired) electrons. The second-order valence-corrected chi connectivity index (χ2v) is 5.77. The summed E-state index contributed by atoms with van der Waals surface area (Å²) in [7, 11) is 3.24. The zero-order valence-corrected chi connectivity index (χ0v) is 15.0. The van der Waals surface area contributed by atoms with Gasteiger partial charge in [0.05, 0.1) is 19.8 Å². The Hall–Kier alpha value is -2.60. The Kier molecular flexibility index (Phi) is 7.89. The van der Waals surface area contributed by atoms with E-state index in [-0.39, 0.29) is 11.9 Å². The van der Waals surface area contributed by atoms with Crippen molar-refractivity contribution >= 4 is 6.41 Å². The van der Waals surface area contributed by atoms with Crippen LogP contribution in [-0.4, -0.2) is 33.8 Å². The van der Waals surface area contributed by atoms with Crippen LogP contribution in [0.3, 0.4) is 0 Å². The molecule has 0 aliphatic heterocycles. The Morgan fingerprint density at radius 2 is 1.85 bits per heavy atom.